The fourth-order valence-electron chi connectivity index (χ4n) is 4.28. The van der Waals surface area contributed by atoms with Gasteiger partial charge in [0, 0.05) is 36.0 Å². The number of aryl methyl sites for hydroxylation is 1. The molecule has 2 atom stereocenters. The van der Waals surface area contributed by atoms with Crippen LogP contribution in [0.3, 0.4) is 0 Å². The van der Waals surface area contributed by atoms with Crippen LogP contribution in [0.5, 0.6) is 0 Å². The van der Waals surface area contributed by atoms with E-state index in [-0.39, 0.29) is 35.2 Å². The molecule has 176 valence electrons. The van der Waals surface area contributed by atoms with Crippen molar-refractivity contribution in [1.82, 2.24) is 14.7 Å². The van der Waals surface area contributed by atoms with Gasteiger partial charge in [-0.25, -0.2) is 4.39 Å². The van der Waals surface area contributed by atoms with Crippen LogP contribution >= 0.6 is 12.6 Å². The normalized spacial score (nSPS) is 21.2. The molecule has 2 aliphatic rings. The lowest BCUT2D eigenvalue weighted by molar-refractivity contribution is -0.143. The average molecular weight is 472 g/mol. The van der Waals surface area contributed by atoms with Gasteiger partial charge in [0.05, 0.1) is 31.3 Å². The third-order valence-corrected chi connectivity index (χ3v) is 6.75. The Bertz CT molecular complexity index is 1030. The van der Waals surface area contributed by atoms with E-state index < -0.39 is 6.04 Å². The van der Waals surface area contributed by atoms with Crippen molar-refractivity contribution in [3.63, 3.8) is 0 Å². The number of carbonyl (C=O) groups excluding carboxylic acids is 2. The Kier molecular flexibility index (Phi) is 7.65. The van der Waals surface area contributed by atoms with Crippen LogP contribution in [-0.4, -0.2) is 51.4 Å². The Labute approximate surface area is 199 Å². The van der Waals surface area contributed by atoms with E-state index in [1.807, 2.05) is 18.3 Å². The number of ketones is 1. The first kappa shape index (κ1) is 23.7. The maximum absolute atomic E-state index is 14.7. The summed E-state index contributed by atoms with van der Waals surface area (Å²) < 4.78 is 21.4. The first-order valence-corrected chi connectivity index (χ1v) is 12.1. The Morgan fingerprint density at radius 1 is 1.27 bits per heavy atom. The number of piperidine rings is 1. The molecule has 2 heterocycles. The van der Waals surface area contributed by atoms with Gasteiger partial charge in [-0.05, 0) is 50.0 Å². The highest BCUT2D eigenvalue weighted by molar-refractivity contribution is 7.81. The molecule has 2 fully saturated rings. The number of nitrogens with zero attached hydrogens (tertiary/aromatic N) is 3. The largest absolute Gasteiger partial charge is 0.466 e. The summed E-state index contributed by atoms with van der Waals surface area (Å²) >= 11 is 4.76. The van der Waals surface area contributed by atoms with E-state index in [4.69, 9.17) is 17.4 Å². The zero-order chi connectivity index (χ0) is 23.4. The van der Waals surface area contributed by atoms with E-state index in [9.17, 15) is 14.0 Å². The molecule has 0 radical (unpaired) electrons. The second-order valence-electron chi connectivity index (χ2n) is 8.65. The minimum Gasteiger partial charge on any atom is -0.466 e. The van der Waals surface area contributed by atoms with Gasteiger partial charge >= 0.3 is 5.97 Å². The molecule has 2 aromatic rings. The van der Waals surface area contributed by atoms with Crippen molar-refractivity contribution in [1.29, 1.82) is 0 Å². The number of likely N-dealkylation sites (tertiary alicyclic amines) is 1. The Morgan fingerprint density at radius 2 is 2.06 bits per heavy atom. The first-order valence-electron chi connectivity index (χ1n) is 11.6. The highest BCUT2D eigenvalue weighted by Gasteiger charge is 2.40. The summed E-state index contributed by atoms with van der Waals surface area (Å²) in [7, 11) is 0. The molecule has 1 saturated heterocycles. The second-order valence-corrected chi connectivity index (χ2v) is 9.28. The molecule has 0 bridgehead atoms. The van der Waals surface area contributed by atoms with Gasteiger partial charge in [0.1, 0.15) is 5.82 Å². The van der Waals surface area contributed by atoms with Gasteiger partial charge in [-0.2, -0.15) is 17.7 Å². The van der Waals surface area contributed by atoms with Crippen LogP contribution in [0.15, 0.2) is 42.1 Å². The van der Waals surface area contributed by atoms with Crippen molar-refractivity contribution < 1.29 is 18.7 Å². The Hall–Kier alpha value is -2.45. The molecule has 6 nitrogen and oxygen atoms in total. The van der Waals surface area contributed by atoms with Crippen LogP contribution in [0.4, 0.5) is 4.39 Å². The average Bonchev–Trinajstić information content (AvgIpc) is 3.56. The molecule has 1 aromatic heterocycles. The molecule has 8 heteroatoms. The summed E-state index contributed by atoms with van der Waals surface area (Å²) in [5.74, 6) is -0.438. The number of thiol groups is 1. The van der Waals surface area contributed by atoms with Crippen LogP contribution in [0.25, 0.3) is 6.08 Å². The van der Waals surface area contributed by atoms with Crippen molar-refractivity contribution in [2.75, 3.05) is 19.7 Å². The zero-order valence-corrected chi connectivity index (χ0v) is 19.7. The van der Waals surface area contributed by atoms with Crippen LogP contribution in [0.1, 0.15) is 49.9 Å². The third kappa shape index (κ3) is 5.92. The summed E-state index contributed by atoms with van der Waals surface area (Å²) in [6, 6.07) is 7.90. The summed E-state index contributed by atoms with van der Waals surface area (Å²) in [5.41, 5.74) is 2.27. The molecule has 1 aliphatic carbocycles. The van der Waals surface area contributed by atoms with E-state index in [2.05, 4.69) is 10.00 Å². The van der Waals surface area contributed by atoms with Crippen LogP contribution in [0.2, 0.25) is 0 Å². The Morgan fingerprint density at radius 3 is 2.79 bits per heavy atom. The van der Waals surface area contributed by atoms with Gasteiger partial charge in [-0.3, -0.25) is 19.2 Å². The predicted molar refractivity (Wildman–Crippen MR) is 127 cm³/mol. The fraction of sp³-hybridized carbons (Fsp3) is 0.480. The van der Waals surface area contributed by atoms with E-state index in [0.717, 1.165) is 30.5 Å². The van der Waals surface area contributed by atoms with Crippen molar-refractivity contribution in [3.8, 4) is 0 Å². The standard InChI is InChI=1S/C25H30FN3O3S/c1-2-32-23(30)11-14-29-13-9-19(27-29)15-18-16-28(12-10-22(18)33)24(25(31)17-7-8-17)20-5-3-4-6-21(20)26/h3-6,9,13,15,17,22,24,33H,2,7-8,10-12,14,16H2,1H3/b18-15+/t22-,24+/m1/s1. The highest BCUT2D eigenvalue weighted by atomic mass is 32.1. The van der Waals surface area contributed by atoms with E-state index >= 15 is 0 Å². The SMILES string of the molecule is CCOC(=O)CCn1ccc(/C=C2\CN([C@H](C(=O)C3CC3)c3ccccc3F)CC[C@H]2S)n1. The van der Waals surface area contributed by atoms with Crippen LogP contribution in [-0.2, 0) is 20.9 Å². The lowest BCUT2D eigenvalue weighted by Gasteiger charge is -2.37. The van der Waals surface area contributed by atoms with Gasteiger partial charge in [0.25, 0.3) is 0 Å². The van der Waals surface area contributed by atoms with Gasteiger partial charge < -0.3 is 4.74 Å². The highest BCUT2D eigenvalue weighted by Crippen LogP contribution is 2.39. The van der Waals surface area contributed by atoms with Crippen LogP contribution < -0.4 is 0 Å². The number of hydrogen-bond acceptors (Lipinski definition) is 6. The minimum atomic E-state index is -0.579. The maximum Gasteiger partial charge on any atom is 0.307 e. The molecule has 4 rings (SSSR count). The lowest BCUT2D eigenvalue weighted by Crippen LogP contribution is -2.42. The number of rotatable bonds is 9. The van der Waals surface area contributed by atoms with E-state index in [1.165, 1.54) is 6.07 Å². The molecule has 1 saturated carbocycles. The van der Waals surface area contributed by atoms with Gasteiger partial charge in [-0.15, -0.1) is 0 Å². The van der Waals surface area contributed by atoms with Crippen molar-refractivity contribution >= 4 is 30.5 Å². The second kappa shape index (κ2) is 10.7. The number of hydrogen-bond donors (Lipinski definition) is 1. The van der Waals surface area contributed by atoms with E-state index in [0.29, 0.717) is 31.8 Å². The van der Waals surface area contributed by atoms with E-state index in [1.54, 1.807) is 29.8 Å². The monoisotopic (exact) mass is 471 g/mol. The molecule has 33 heavy (non-hydrogen) atoms. The molecule has 0 spiro atoms. The number of carbonyl (C=O) groups is 2. The molecule has 0 N–H and O–H groups in total. The summed E-state index contributed by atoms with van der Waals surface area (Å²) in [6.07, 6.45) is 6.63. The molecule has 1 aromatic carbocycles. The Balaban J connectivity index is 1.51. The van der Waals surface area contributed by atoms with Crippen molar-refractivity contribution in [2.24, 2.45) is 5.92 Å². The van der Waals surface area contributed by atoms with Gasteiger partial charge in [0.15, 0.2) is 5.78 Å². The smallest absolute Gasteiger partial charge is 0.307 e. The number of halogens is 1. The topological polar surface area (TPSA) is 64.4 Å². The maximum atomic E-state index is 14.7. The minimum absolute atomic E-state index is 0.0332. The quantitative estimate of drug-likeness (QED) is 0.441. The van der Waals surface area contributed by atoms with Crippen LogP contribution in [0, 0.1) is 11.7 Å². The number of aromatic nitrogens is 2. The first-order chi connectivity index (χ1) is 16.0. The summed E-state index contributed by atoms with van der Waals surface area (Å²) in [6.45, 7) is 3.81. The third-order valence-electron chi connectivity index (χ3n) is 6.16. The van der Waals surface area contributed by atoms with Gasteiger partial charge in [0.2, 0.25) is 0 Å². The molecule has 0 unspecified atom stereocenters. The number of benzene rings is 1. The molecule has 0 amide bonds. The van der Waals surface area contributed by atoms with Crippen molar-refractivity contribution in [2.45, 2.75) is 50.4 Å². The zero-order valence-electron chi connectivity index (χ0n) is 18.8. The molecule has 1 aliphatic heterocycles. The summed E-state index contributed by atoms with van der Waals surface area (Å²) in [5, 5.41) is 4.58. The van der Waals surface area contributed by atoms with Gasteiger partial charge in [-0.1, -0.05) is 18.2 Å². The molecular formula is C25H30FN3O3S. The number of esters is 1. The fourth-order valence-corrected chi connectivity index (χ4v) is 4.55. The number of ether oxygens (including phenoxy) is 1. The lowest BCUT2D eigenvalue weighted by atomic mass is 9.93. The summed E-state index contributed by atoms with van der Waals surface area (Å²) in [4.78, 5) is 26.8. The predicted octanol–water partition coefficient (Wildman–Crippen LogP) is 4.08. The molecular weight excluding hydrogens is 441 g/mol. The van der Waals surface area contributed by atoms with Crippen molar-refractivity contribution in [3.05, 3.63) is 59.2 Å². The number of Topliss-reactive ketones (excluding diaryl/α,β-unsaturated/α-hetero) is 1.